The Morgan fingerprint density at radius 1 is 1.02 bits per heavy atom. The molecule has 0 saturated carbocycles. The number of benzene rings is 2. The highest BCUT2D eigenvalue weighted by Crippen LogP contribution is 2.43. The van der Waals surface area contributed by atoms with Gasteiger partial charge in [-0.05, 0) is 67.9 Å². The van der Waals surface area contributed by atoms with Gasteiger partial charge in [0, 0.05) is 28.0 Å². The van der Waals surface area contributed by atoms with Crippen LogP contribution in [0.25, 0.3) is 17.1 Å². The molecule has 0 N–H and O–H groups in total. The number of methoxy groups -OCH3 is 2. The lowest BCUT2D eigenvalue weighted by Gasteiger charge is -2.41. The predicted molar refractivity (Wildman–Crippen MR) is 180 cm³/mol. The molecule has 0 aliphatic rings. The maximum absolute atomic E-state index is 15.5. The number of para-hydroxylation sites is 1. The van der Waals surface area contributed by atoms with E-state index in [9.17, 15) is 8.42 Å². The first-order valence-corrected chi connectivity index (χ1v) is 19.8. The van der Waals surface area contributed by atoms with Gasteiger partial charge in [-0.25, -0.2) is 12.8 Å². The first kappa shape index (κ1) is 34.7. The summed E-state index contributed by atoms with van der Waals surface area (Å²) in [6, 6.07) is 11.7. The molecule has 0 spiro atoms. The van der Waals surface area contributed by atoms with Crippen molar-refractivity contribution in [1.29, 1.82) is 0 Å². The van der Waals surface area contributed by atoms with Gasteiger partial charge in [0.15, 0.2) is 29.8 Å². The third-order valence-corrected chi connectivity index (χ3v) is 15.3. The van der Waals surface area contributed by atoms with Crippen LogP contribution >= 0.6 is 15.9 Å². The zero-order valence-electron chi connectivity index (χ0n) is 27.1. The van der Waals surface area contributed by atoms with Crippen LogP contribution in [0.1, 0.15) is 50.8 Å². The van der Waals surface area contributed by atoms with Crippen molar-refractivity contribution in [2.75, 3.05) is 14.2 Å². The van der Waals surface area contributed by atoms with Gasteiger partial charge in [0.2, 0.25) is 0 Å². The van der Waals surface area contributed by atoms with Crippen molar-refractivity contribution < 1.29 is 26.7 Å². The topological polar surface area (TPSA) is 105 Å². The van der Waals surface area contributed by atoms with E-state index in [0.717, 1.165) is 5.56 Å². The zero-order chi connectivity index (χ0) is 33.3. The number of ether oxygens (including phenoxy) is 2. The molecule has 2 atom stereocenters. The van der Waals surface area contributed by atoms with Crippen molar-refractivity contribution in [3.8, 4) is 28.6 Å². The number of aromatic nitrogens is 4. The maximum atomic E-state index is 15.5. The monoisotopic (exact) mass is 718 g/mol. The van der Waals surface area contributed by atoms with Gasteiger partial charge in [-0.1, -0.05) is 48.8 Å². The fourth-order valence-corrected chi connectivity index (χ4v) is 7.84. The van der Waals surface area contributed by atoms with Crippen molar-refractivity contribution in [3.05, 3.63) is 82.1 Å². The van der Waals surface area contributed by atoms with E-state index >= 15 is 4.39 Å². The predicted octanol–water partition coefficient (Wildman–Crippen LogP) is 7.62. The molecule has 0 aliphatic heterocycles. The standard InChI is InChI=1S/C32H40BrFN4O5SSi/c1-20-15-22(18-35-17-20)31-37-36-28(38(31)29-26(41-6)11-10-12-27(29)42-7)19-44(39,40)21(2)30(43-45(8,9)32(3,4)5)24-14-13-23(33)16-25(24)34/h10-18,21,30H,19H2,1-9H3/t21-,30-/m1/s1. The van der Waals surface area contributed by atoms with Gasteiger partial charge in [-0.15, -0.1) is 10.2 Å². The van der Waals surface area contributed by atoms with Crippen LogP contribution < -0.4 is 9.47 Å². The molecular formula is C32H40BrFN4O5SSi. The van der Waals surface area contributed by atoms with Gasteiger partial charge in [0.05, 0.1) is 25.6 Å². The third-order valence-electron chi connectivity index (χ3n) is 8.31. The Hall–Kier alpha value is -3.13. The summed E-state index contributed by atoms with van der Waals surface area (Å²) >= 11 is 3.31. The molecule has 0 amide bonds. The van der Waals surface area contributed by atoms with Crippen LogP contribution in [0, 0.1) is 12.7 Å². The number of halogens is 2. The molecule has 0 aliphatic carbocycles. The van der Waals surface area contributed by atoms with E-state index < -0.39 is 41.1 Å². The number of pyridine rings is 1. The van der Waals surface area contributed by atoms with E-state index in [0.29, 0.717) is 33.0 Å². The summed E-state index contributed by atoms with van der Waals surface area (Å²) in [5.74, 6) is 0.282. The van der Waals surface area contributed by atoms with E-state index in [1.807, 2.05) is 26.1 Å². The summed E-state index contributed by atoms with van der Waals surface area (Å²) < 4.78 is 64.4. The van der Waals surface area contributed by atoms with Crippen molar-refractivity contribution in [1.82, 2.24) is 19.7 Å². The van der Waals surface area contributed by atoms with Crippen LogP contribution in [0.15, 0.2) is 59.3 Å². The number of hydrogen-bond acceptors (Lipinski definition) is 8. The molecule has 242 valence electrons. The molecule has 0 bridgehead atoms. The molecule has 13 heteroatoms. The summed E-state index contributed by atoms with van der Waals surface area (Å²) in [5.41, 5.74) is 2.13. The van der Waals surface area contributed by atoms with E-state index in [1.54, 1.807) is 54.2 Å². The van der Waals surface area contributed by atoms with Gasteiger partial charge in [0.1, 0.15) is 28.8 Å². The maximum Gasteiger partial charge on any atom is 0.192 e. The SMILES string of the molecule is COc1cccc(OC)c1-n1c(CS(=O)(=O)[C@H](C)[C@@H](O[Si](C)(C)C(C)(C)C)c2ccc(Br)cc2F)nnc1-c1cncc(C)c1. The Morgan fingerprint density at radius 3 is 2.22 bits per heavy atom. The summed E-state index contributed by atoms with van der Waals surface area (Å²) in [6.07, 6.45) is 2.28. The molecule has 4 aromatic rings. The van der Waals surface area contributed by atoms with Crippen LogP contribution in [-0.4, -0.2) is 56.0 Å². The highest BCUT2D eigenvalue weighted by Gasteiger charge is 2.44. The Kier molecular flexibility index (Phi) is 10.3. The number of rotatable bonds is 11. The van der Waals surface area contributed by atoms with Gasteiger partial charge < -0.3 is 13.9 Å². The summed E-state index contributed by atoms with van der Waals surface area (Å²) in [7, 11) is -3.59. The minimum Gasteiger partial charge on any atom is -0.494 e. The Balaban J connectivity index is 1.88. The second-order valence-corrected chi connectivity index (χ2v) is 20.5. The number of nitrogens with zero attached hydrogens (tertiary/aromatic N) is 4. The molecule has 0 saturated heterocycles. The minimum absolute atomic E-state index is 0.128. The van der Waals surface area contributed by atoms with Crippen LogP contribution in [0.4, 0.5) is 4.39 Å². The second-order valence-electron chi connectivity index (χ2n) is 12.5. The Labute approximate surface area is 274 Å². The normalized spacial score (nSPS) is 13.8. The van der Waals surface area contributed by atoms with E-state index in [1.165, 1.54) is 20.3 Å². The molecule has 45 heavy (non-hydrogen) atoms. The lowest BCUT2D eigenvalue weighted by molar-refractivity contribution is 0.177. The molecule has 2 heterocycles. The van der Waals surface area contributed by atoms with E-state index in [4.69, 9.17) is 13.9 Å². The lowest BCUT2D eigenvalue weighted by atomic mass is 10.1. The van der Waals surface area contributed by atoms with Gasteiger partial charge in [0.25, 0.3) is 0 Å². The molecule has 0 radical (unpaired) electrons. The van der Waals surface area contributed by atoms with Crippen molar-refractivity contribution in [3.63, 3.8) is 0 Å². The first-order valence-electron chi connectivity index (χ1n) is 14.4. The Bertz CT molecular complexity index is 1770. The quantitative estimate of drug-likeness (QED) is 0.146. The third kappa shape index (κ3) is 7.31. The van der Waals surface area contributed by atoms with Crippen molar-refractivity contribution in [2.45, 2.75) is 69.9 Å². The zero-order valence-corrected chi connectivity index (χ0v) is 30.5. The summed E-state index contributed by atoms with van der Waals surface area (Å²) in [5, 5.41) is 7.40. The fraction of sp³-hybridized carbons (Fsp3) is 0.406. The fourth-order valence-electron chi connectivity index (χ4n) is 4.70. The molecule has 9 nitrogen and oxygen atoms in total. The van der Waals surface area contributed by atoms with Crippen molar-refractivity contribution >= 4 is 34.1 Å². The second kappa shape index (κ2) is 13.3. The van der Waals surface area contributed by atoms with Gasteiger partial charge in [-0.3, -0.25) is 9.55 Å². The van der Waals surface area contributed by atoms with Gasteiger partial charge >= 0.3 is 0 Å². The highest BCUT2D eigenvalue weighted by molar-refractivity contribution is 9.10. The molecule has 0 fully saturated rings. The lowest BCUT2D eigenvalue weighted by Crippen LogP contribution is -2.45. The number of hydrogen-bond donors (Lipinski definition) is 0. The van der Waals surface area contributed by atoms with E-state index in [2.05, 4.69) is 51.9 Å². The van der Waals surface area contributed by atoms with Crippen molar-refractivity contribution in [2.24, 2.45) is 0 Å². The number of sulfone groups is 1. The minimum atomic E-state index is -4.05. The molecule has 0 unspecified atom stereocenters. The van der Waals surface area contributed by atoms with Crippen LogP contribution in [0.5, 0.6) is 11.5 Å². The summed E-state index contributed by atoms with van der Waals surface area (Å²) in [6.45, 7) is 13.7. The molecule has 2 aromatic carbocycles. The van der Waals surface area contributed by atoms with Crippen LogP contribution in [0.3, 0.4) is 0 Å². The molecule has 2 aromatic heterocycles. The van der Waals surface area contributed by atoms with Crippen LogP contribution in [-0.2, 0) is 20.0 Å². The number of aryl methyl sites for hydroxylation is 1. The Morgan fingerprint density at radius 2 is 1.67 bits per heavy atom. The van der Waals surface area contributed by atoms with Gasteiger partial charge in [-0.2, -0.15) is 0 Å². The van der Waals surface area contributed by atoms with E-state index in [-0.39, 0.29) is 16.4 Å². The highest BCUT2D eigenvalue weighted by atomic mass is 79.9. The smallest absolute Gasteiger partial charge is 0.192 e. The average molecular weight is 720 g/mol. The molecular weight excluding hydrogens is 679 g/mol. The largest absolute Gasteiger partial charge is 0.494 e. The van der Waals surface area contributed by atoms with Crippen LogP contribution in [0.2, 0.25) is 18.1 Å². The molecule has 4 rings (SSSR count). The first-order chi connectivity index (χ1) is 21.0. The average Bonchev–Trinajstić information content (AvgIpc) is 3.36. The summed E-state index contributed by atoms with van der Waals surface area (Å²) in [4.78, 5) is 4.30.